The Morgan fingerprint density at radius 1 is 1.25 bits per heavy atom. The molecule has 80 valence electrons. The molecule has 0 aromatic carbocycles. The van der Waals surface area contributed by atoms with Crippen LogP contribution in [-0.4, -0.2) is 19.2 Å². The van der Waals surface area contributed by atoms with Gasteiger partial charge in [-0.2, -0.15) is 5.10 Å². The van der Waals surface area contributed by atoms with Crippen LogP contribution in [0, 0.1) is 6.92 Å². The number of imidazole rings is 1. The van der Waals surface area contributed by atoms with E-state index in [-0.39, 0.29) is 0 Å². The Bertz CT molecular complexity index is 648. The van der Waals surface area contributed by atoms with E-state index >= 15 is 0 Å². The number of aryl methyl sites for hydroxylation is 2. The zero-order valence-corrected chi connectivity index (χ0v) is 9.25. The first kappa shape index (κ1) is 9.15. The van der Waals surface area contributed by atoms with Gasteiger partial charge in [-0.05, 0) is 24.6 Å². The lowest BCUT2D eigenvalue weighted by Crippen LogP contribution is -1.84. The van der Waals surface area contributed by atoms with Crippen molar-refractivity contribution in [2.45, 2.75) is 6.92 Å². The van der Waals surface area contributed by atoms with E-state index < -0.39 is 0 Å². The fourth-order valence-corrected chi connectivity index (χ4v) is 1.78. The van der Waals surface area contributed by atoms with Crippen LogP contribution in [0.4, 0.5) is 0 Å². The fraction of sp³-hybridized carbons (Fsp3) is 0.167. The number of hydrogen-bond donors (Lipinski definition) is 0. The van der Waals surface area contributed by atoms with Crippen LogP contribution in [0.1, 0.15) is 5.56 Å². The summed E-state index contributed by atoms with van der Waals surface area (Å²) in [5, 5.41) is 4.15. The van der Waals surface area contributed by atoms with Gasteiger partial charge in [-0.1, -0.05) is 0 Å². The molecule has 0 radical (unpaired) electrons. The van der Waals surface area contributed by atoms with Gasteiger partial charge in [-0.25, -0.2) is 4.98 Å². The molecule has 0 aliphatic carbocycles. The van der Waals surface area contributed by atoms with Gasteiger partial charge in [0.1, 0.15) is 5.65 Å². The average Bonchev–Trinajstić information content (AvgIpc) is 2.83. The second-order valence-electron chi connectivity index (χ2n) is 4.00. The third kappa shape index (κ3) is 1.39. The minimum absolute atomic E-state index is 0.957. The summed E-state index contributed by atoms with van der Waals surface area (Å²) in [6, 6.07) is 4.14. The van der Waals surface area contributed by atoms with E-state index in [0.717, 1.165) is 16.9 Å². The molecule has 0 unspecified atom stereocenters. The summed E-state index contributed by atoms with van der Waals surface area (Å²) >= 11 is 0. The van der Waals surface area contributed by atoms with Crippen LogP contribution in [0.3, 0.4) is 0 Å². The maximum atomic E-state index is 4.57. The van der Waals surface area contributed by atoms with Crippen LogP contribution in [-0.2, 0) is 7.05 Å². The largest absolute Gasteiger partial charge is 0.306 e. The van der Waals surface area contributed by atoms with Gasteiger partial charge < -0.3 is 4.40 Å². The molecule has 0 aliphatic heterocycles. The molecule has 3 aromatic heterocycles. The number of nitrogens with zero attached hydrogens (tertiary/aromatic N) is 4. The van der Waals surface area contributed by atoms with Gasteiger partial charge in [0.15, 0.2) is 0 Å². The van der Waals surface area contributed by atoms with E-state index in [1.54, 1.807) is 4.68 Å². The molecule has 0 amide bonds. The Balaban J connectivity index is 2.18. The minimum Gasteiger partial charge on any atom is -0.306 e. The summed E-state index contributed by atoms with van der Waals surface area (Å²) in [5.74, 6) is 0. The second kappa shape index (κ2) is 3.20. The van der Waals surface area contributed by atoms with Gasteiger partial charge in [0, 0.05) is 31.2 Å². The SMILES string of the molecule is Cc1ccn2cc(-c3cnn(C)c3)nc2c1. The molecule has 0 N–H and O–H groups in total. The van der Waals surface area contributed by atoms with Gasteiger partial charge in [-0.15, -0.1) is 0 Å². The van der Waals surface area contributed by atoms with Crippen molar-refractivity contribution in [3.05, 3.63) is 42.5 Å². The predicted octanol–water partition coefficient (Wildman–Crippen LogP) is 2.04. The van der Waals surface area contributed by atoms with Gasteiger partial charge in [0.05, 0.1) is 11.9 Å². The quantitative estimate of drug-likeness (QED) is 0.618. The van der Waals surface area contributed by atoms with Gasteiger partial charge in [-0.3, -0.25) is 4.68 Å². The molecule has 3 rings (SSSR count). The van der Waals surface area contributed by atoms with E-state index in [4.69, 9.17) is 0 Å². The molecule has 0 spiro atoms. The lowest BCUT2D eigenvalue weighted by atomic mass is 10.3. The Morgan fingerprint density at radius 2 is 2.12 bits per heavy atom. The summed E-state index contributed by atoms with van der Waals surface area (Å²) in [6.45, 7) is 2.07. The molecule has 0 bridgehead atoms. The van der Waals surface area contributed by atoms with Crippen molar-refractivity contribution in [1.82, 2.24) is 19.2 Å². The lowest BCUT2D eigenvalue weighted by Gasteiger charge is -1.92. The van der Waals surface area contributed by atoms with Crippen LogP contribution in [0.15, 0.2) is 36.9 Å². The van der Waals surface area contributed by atoms with E-state index in [1.807, 2.05) is 36.2 Å². The highest BCUT2D eigenvalue weighted by Gasteiger charge is 2.05. The zero-order chi connectivity index (χ0) is 11.1. The maximum absolute atomic E-state index is 4.57. The molecule has 0 aliphatic rings. The molecule has 4 heteroatoms. The molecule has 0 fully saturated rings. The average molecular weight is 212 g/mol. The van der Waals surface area contributed by atoms with Crippen molar-refractivity contribution in [3.63, 3.8) is 0 Å². The lowest BCUT2D eigenvalue weighted by molar-refractivity contribution is 0.768. The summed E-state index contributed by atoms with van der Waals surface area (Å²) in [7, 11) is 1.91. The number of hydrogen-bond acceptors (Lipinski definition) is 2. The summed E-state index contributed by atoms with van der Waals surface area (Å²) < 4.78 is 3.81. The standard InChI is InChI=1S/C12H12N4/c1-9-3-4-16-8-11(14-12(16)5-9)10-6-13-15(2)7-10/h3-8H,1-2H3. The molecule has 0 saturated heterocycles. The third-order valence-electron chi connectivity index (χ3n) is 2.62. The first-order valence-corrected chi connectivity index (χ1v) is 5.17. The molecular formula is C12H12N4. The molecular weight excluding hydrogens is 200 g/mol. The smallest absolute Gasteiger partial charge is 0.137 e. The number of rotatable bonds is 1. The monoisotopic (exact) mass is 212 g/mol. The van der Waals surface area contributed by atoms with Crippen molar-refractivity contribution in [2.75, 3.05) is 0 Å². The Hall–Kier alpha value is -2.10. The Labute approximate surface area is 93.2 Å². The predicted molar refractivity (Wildman–Crippen MR) is 62.1 cm³/mol. The molecule has 3 heterocycles. The van der Waals surface area contributed by atoms with E-state index in [2.05, 4.69) is 29.1 Å². The first-order valence-electron chi connectivity index (χ1n) is 5.17. The van der Waals surface area contributed by atoms with Crippen LogP contribution in [0.2, 0.25) is 0 Å². The molecule has 0 atom stereocenters. The molecule has 16 heavy (non-hydrogen) atoms. The minimum atomic E-state index is 0.957. The van der Waals surface area contributed by atoms with Gasteiger partial charge in [0.2, 0.25) is 0 Å². The zero-order valence-electron chi connectivity index (χ0n) is 9.25. The summed E-state index contributed by atoms with van der Waals surface area (Å²) in [4.78, 5) is 4.57. The molecule has 3 aromatic rings. The van der Waals surface area contributed by atoms with Crippen molar-refractivity contribution < 1.29 is 0 Å². The van der Waals surface area contributed by atoms with Crippen molar-refractivity contribution in [3.8, 4) is 11.3 Å². The first-order chi connectivity index (χ1) is 7.72. The molecule has 0 saturated carbocycles. The number of aromatic nitrogens is 4. The van der Waals surface area contributed by atoms with Crippen molar-refractivity contribution >= 4 is 5.65 Å². The maximum Gasteiger partial charge on any atom is 0.137 e. The highest BCUT2D eigenvalue weighted by atomic mass is 15.2. The topological polar surface area (TPSA) is 35.1 Å². The van der Waals surface area contributed by atoms with Crippen molar-refractivity contribution in [2.24, 2.45) is 7.05 Å². The van der Waals surface area contributed by atoms with Gasteiger partial charge >= 0.3 is 0 Å². The number of pyridine rings is 1. The van der Waals surface area contributed by atoms with Crippen molar-refractivity contribution in [1.29, 1.82) is 0 Å². The van der Waals surface area contributed by atoms with E-state index in [9.17, 15) is 0 Å². The Kier molecular flexibility index (Phi) is 1.83. The summed E-state index contributed by atoms with van der Waals surface area (Å²) in [6.07, 6.45) is 7.84. The normalized spacial score (nSPS) is 11.1. The highest BCUT2D eigenvalue weighted by molar-refractivity contribution is 5.61. The van der Waals surface area contributed by atoms with E-state index in [1.165, 1.54) is 5.56 Å². The van der Waals surface area contributed by atoms with Crippen LogP contribution < -0.4 is 0 Å². The van der Waals surface area contributed by atoms with Crippen LogP contribution in [0.25, 0.3) is 16.9 Å². The molecule has 4 nitrogen and oxygen atoms in total. The van der Waals surface area contributed by atoms with Crippen LogP contribution >= 0.6 is 0 Å². The summed E-state index contributed by atoms with van der Waals surface area (Å²) in [5.41, 5.74) is 4.19. The highest BCUT2D eigenvalue weighted by Crippen LogP contribution is 2.18. The number of fused-ring (bicyclic) bond motifs is 1. The van der Waals surface area contributed by atoms with E-state index in [0.29, 0.717) is 0 Å². The second-order valence-corrected chi connectivity index (χ2v) is 4.00. The van der Waals surface area contributed by atoms with Crippen LogP contribution in [0.5, 0.6) is 0 Å². The Morgan fingerprint density at radius 3 is 2.88 bits per heavy atom. The third-order valence-corrected chi connectivity index (χ3v) is 2.62. The fourth-order valence-electron chi connectivity index (χ4n) is 1.78. The van der Waals surface area contributed by atoms with Gasteiger partial charge in [0.25, 0.3) is 0 Å².